The molecule has 8 nitrogen and oxygen atoms in total. The zero-order chi connectivity index (χ0) is 21.5. The van der Waals surface area contributed by atoms with E-state index in [0.29, 0.717) is 42.6 Å². The first-order chi connectivity index (χ1) is 14.5. The van der Waals surface area contributed by atoms with Crippen LogP contribution >= 0.6 is 22.9 Å². The van der Waals surface area contributed by atoms with Gasteiger partial charge in [-0.3, -0.25) is 4.79 Å². The highest BCUT2D eigenvalue weighted by Crippen LogP contribution is 2.26. The summed E-state index contributed by atoms with van der Waals surface area (Å²) in [7, 11) is 0. The molecule has 1 N–H and O–H groups in total. The Bertz CT molecular complexity index is 911. The number of nitrogens with one attached hydrogen (secondary N) is 1. The summed E-state index contributed by atoms with van der Waals surface area (Å²) in [6, 6.07) is 7.10. The third-order valence-electron chi connectivity index (χ3n) is 4.51. The molecule has 2 amide bonds. The second-order valence-corrected chi connectivity index (χ2v) is 7.95. The van der Waals surface area contributed by atoms with Crippen molar-refractivity contribution < 1.29 is 23.9 Å². The summed E-state index contributed by atoms with van der Waals surface area (Å²) >= 11 is 7.28. The fraction of sp³-hybridized carbons (Fsp3) is 0.400. The van der Waals surface area contributed by atoms with Gasteiger partial charge in [0.05, 0.1) is 6.61 Å². The average molecular weight is 452 g/mol. The Morgan fingerprint density at radius 1 is 1.27 bits per heavy atom. The van der Waals surface area contributed by atoms with Gasteiger partial charge in [0.2, 0.25) is 0 Å². The first-order valence-electron chi connectivity index (χ1n) is 9.56. The van der Waals surface area contributed by atoms with Crippen LogP contribution in [0.25, 0.3) is 10.6 Å². The van der Waals surface area contributed by atoms with Crippen molar-refractivity contribution in [2.75, 3.05) is 26.3 Å². The molecule has 10 heteroatoms. The third kappa shape index (κ3) is 5.93. The SMILES string of the molecule is CCOC(=O)N1CCC(NC(=O)COC(=O)c2csc(-c3cccc(Cl)c3)n2)CC1. The number of hydrogen-bond acceptors (Lipinski definition) is 7. The van der Waals surface area contributed by atoms with Crippen molar-refractivity contribution in [2.45, 2.75) is 25.8 Å². The number of amides is 2. The molecule has 0 aliphatic carbocycles. The van der Waals surface area contributed by atoms with Crippen LogP contribution < -0.4 is 5.32 Å². The molecule has 0 bridgehead atoms. The minimum atomic E-state index is -0.660. The molecule has 3 rings (SSSR count). The summed E-state index contributed by atoms with van der Waals surface area (Å²) in [5.41, 5.74) is 0.948. The number of halogens is 1. The maximum Gasteiger partial charge on any atom is 0.409 e. The molecule has 1 fully saturated rings. The van der Waals surface area contributed by atoms with Crippen molar-refractivity contribution >= 4 is 40.9 Å². The van der Waals surface area contributed by atoms with Crippen molar-refractivity contribution in [2.24, 2.45) is 0 Å². The van der Waals surface area contributed by atoms with Gasteiger partial charge in [-0.2, -0.15) is 0 Å². The van der Waals surface area contributed by atoms with Gasteiger partial charge in [-0.05, 0) is 31.9 Å². The topological polar surface area (TPSA) is 97.8 Å². The summed E-state index contributed by atoms with van der Waals surface area (Å²) in [4.78, 5) is 41.9. The zero-order valence-electron chi connectivity index (χ0n) is 16.4. The molecule has 0 radical (unpaired) electrons. The Kier molecular flexibility index (Phi) is 7.64. The first kappa shape index (κ1) is 22.0. The molecule has 2 aromatic rings. The van der Waals surface area contributed by atoms with E-state index >= 15 is 0 Å². The summed E-state index contributed by atoms with van der Waals surface area (Å²) < 4.78 is 10.0. The highest BCUT2D eigenvalue weighted by Gasteiger charge is 2.25. The predicted octanol–water partition coefficient (Wildman–Crippen LogP) is 3.36. The monoisotopic (exact) mass is 451 g/mol. The average Bonchev–Trinajstić information content (AvgIpc) is 3.23. The number of aromatic nitrogens is 1. The van der Waals surface area contributed by atoms with Crippen molar-refractivity contribution in [3.05, 3.63) is 40.4 Å². The van der Waals surface area contributed by atoms with Crippen molar-refractivity contribution in [3.63, 3.8) is 0 Å². The number of nitrogens with zero attached hydrogens (tertiary/aromatic N) is 2. The molecule has 0 unspecified atom stereocenters. The van der Waals surface area contributed by atoms with E-state index < -0.39 is 5.97 Å². The normalized spacial score (nSPS) is 14.3. The standard InChI is InChI=1S/C20H22ClN3O5S/c1-2-28-20(27)24-8-6-15(7-9-24)22-17(25)11-29-19(26)16-12-30-18(23-16)13-4-3-5-14(21)10-13/h3-5,10,12,15H,2,6-9,11H2,1H3,(H,22,25). The van der Waals surface area contributed by atoms with Crippen LogP contribution in [0.4, 0.5) is 4.79 Å². The minimum absolute atomic E-state index is 0.0735. The molecule has 1 aromatic carbocycles. The quantitative estimate of drug-likeness (QED) is 0.676. The molecule has 1 aliphatic heterocycles. The van der Waals surface area contributed by atoms with Crippen LogP contribution in [0.1, 0.15) is 30.3 Å². The van der Waals surface area contributed by atoms with Gasteiger partial charge >= 0.3 is 12.1 Å². The van der Waals surface area contributed by atoms with Crippen LogP contribution in [-0.4, -0.2) is 60.2 Å². The maximum atomic E-state index is 12.2. The Morgan fingerprint density at radius 2 is 2.03 bits per heavy atom. The van der Waals surface area contributed by atoms with E-state index in [9.17, 15) is 14.4 Å². The van der Waals surface area contributed by atoms with Gasteiger partial charge in [0.25, 0.3) is 5.91 Å². The van der Waals surface area contributed by atoms with Crippen molar-refractivity contribution in [1.29, 1.82) is 0 Å². The van der Waals surface area contributed by atoms with E-state index in [1.54, 1.807) is 35.4 Å². The molecule has 1 aliphatic rings. The molecule has 2 heterocycles. The summed E-state index contributed by atoms with van der Waals surface area (Å²) in [6.07, 6.45) is 0.901. The number of piperidine rings is 1. The molecule has 30 heavy (non-hydrogen) atoms. The van der Waals surface area contributed by atoms with Crippen LogP contribution in [0.3, 0.4) is 0 Å². The van der Waals surface area contributed by atoms with Crippen LogP contribution in [0.5, 0.6) is 0 Å². The molecular weight excluding hydrogens is 430 g/mol. The third-order valence-corrected chi connectivity index (χ3v) is 5.63. The lowest BCUT2D eigenvalue weighted by atomic mass is 10.1. The molecule has 0 saturated carbocycles. The number of carbonyl (C=O) groups excluding carboxylic acids is 3. The highest BCUT2D eigenvalue weighted by atomic mass is 35.5. The number of hydrogen-bond donors (Lipinski definition) is 1. The van der Waals surface area contributed by atoms with E-state index in [1.165, 1.54) is 11.3 Å². The van der Waals surface area contributed by atoms with Gasteiger partial charge in [-0.15, -0.1) is 11.3 Å². The Balaban J connectivity index is 1.43. The predicted molar refractivity (Wildman–Crippen MR) is 113 cm³/mol. The largest absolute Gasteiger partial charge is 0.451 e. The smallest absolute Gasteiger partial charge is 0.409 e. The summed E-state index contributed by atoms with van der Waals surface area (Å²) in [6.45, 7) is 2.72. The zero-order valence-corrected chi connectivity index (χ0v) is 18.0. The Labute approximate surface area is 183 Å². The number of esters is 1. The van der Waals surface area contributed by atoms with Gasteiger partial charge in [0.1, 0.15) is 5.01 Å². The van der Waals surface area contributed by atoms with Crippen LogP contribution in [0.15, 0.2) is 29.6 Å². The first-order valence-corrected chi connectivity index (χ1v) is 10.8. The van der Waals surface area contributed by atoms with E-state index in [0.717, 1.165) is 5.56 Å². The van der Waals surface area contributed by atoms with Crippen LogP contribution in [0.2, 0.25) is 5.02 Å². The van der Waals surface area contributed by atoms with Crippen molar-refractivity contribution in [1.82, 2.24) is 15.2 Å². The van der Waals surface area contributed by atoms with Gasteiger partial charge in [-0.25, -0.2) is 14.6 Å². The maximum absolute atomic E-state index is 12.2. The lowest BCUT2D eigenvalue weighted by Gasteiger charge is -2.31. The summed E-state index contributed by atoms with van der Waals surface area (Å²) in [5, 5.41) is 5.63. The second-order valence-electron chi connectivity index (χ2n) is 6.65. The number of likely N-dealkylation sites (tertiary alicyclic amines) is 1. The number of thiazole rings is 1. The molecule has 1 saturated heterocycles. The lowest BCUT2D eigenvalue weighted by molar-refractivity contribution is -0.125. The van der Waals surface area contributed by atoms with Gasteiger partial charge in [0, 0.05) is 35.1 Å². The van der Waals surface area contributed by atoms with Crippen LogP contribution in [-0.2, 0) is 14.3 Å². The van der Waals surface area contributed by atoms with Gasteiger partial charge in [0.15, 0.2) is 12.3 Å². The molecular formula is C20H22ClN3O5S. The lowest BCUT2D eigenvalue weighted by Crippen LogP contribution is -2.47. The number of rotatable bonds is 6. The van der Waals surface area contributed by atoms with E-state index in [1.807, 2.05) is 6.07 Å². The van der Waals surface area contributed by atoms with Gasteiger partial charge < -0.3 is 19.7 Å². The molecule has 0 spiro atoms. The summed E-state index contributed by atoms with van der Waals surface area (Å²) in [5.74, 6) is -1.05. The molecule has 0 atom stereocenters. The Hall–Kier alpha value is -2.65. The number of benzene rings is 1. The number of ether oxygens (including phenoxy) is 2. The second kappa shape index (κ2) is 10.4. The fourth-order valence-electron chi connectivity index (χ4n) is 3.02. The molecule has 160 valence electrons. The Morgan fingerprint density at radius 3 is 2.73 bits per heavy atom. The van der Waals surface area contributed by atoms with E-state index in [4.69, 9.17) is 21.1 Å². The van der Waals surface area contributed by atoms with Crippen molar-refractivity contribution in [3.8, 4) is 10.6 Å². The van der Waals surface area contributed by atoms with Gasteiger partial charge in [-0.1, -0.05) is 23.7 Å². The highest BCUT2D eigenvalue weighted by molar-refractivity contribution is 7.13. The minimum Gasteiger partial charge on any atom is -0.451 e. The van der Waals surface area contributed by atoms with E-state index in [-0.39, 0.29) is 30.3 Å². The molecule has 1 aromatic heterocycles. The van der Waals surface area contributed by atoms with E-state index in [2.05, 4.69) is 10.3 Å². The fourth-order valence-corrected chi connectivity index (χ4v) is 3.99. The number of carbonyl (C=O) groups is 3. The van der Waals surface area contributed by atoms with Crippen LogP contribution in [0, 0.1) is 0 Å².